The van der Waals surface area contributed by atoms with Gasteiger partial charge in [0.15, 0.2) is 6.10 Å². The van der Waals surface area contributed by atoms with Gasteiger partial charge in [-0.25, -0.2) is 4.79 Å². The van der Waals surface area contributed by atoms with Gasteiger partial charge in [-0.05, 0) is 31.9 Å². The van der Waals surface area contributed by atoms with Crippen molar-refractivity contribution in [3.8, 4) is 0 Å². The molecule has 130 valence electrons. The number of halogens is 1. The van der Waals surface area contributed by atoms with Gasteiger partial charge in [-0.2, -0.15) is 0 Å². The molecule has 0 spiro atoms. The lowest BCUT2D eigenvalue weighted by Gasteiger charge is -2.23. The van der Waals surface area contributed by atoms with Crippen molar-refractivity contribution in [3.05, 3.63) is 38.9 Å². The molecule has 1 aliphatic rings. The molecule has 0 aliphatic carbocycles. The van der Waals surface area contributed by atoms with Crippen LogP contribution >= 0.6 is 11.6 Å². The minimum absolute atomic E-state index is 0.145. The fraction of sp³-hybridized carbons (Fsp3) is 0.500. The van der Waals surface area contributed by atoms with Gasteiger partial charge < -0.3 is 9.64 Å². The van der Waals surface area contributed by atoms with Crippen LogP contribution in [0.15, 0.2) is 18.2 Å². The van der Waals surface area contributed by atoms with E-state index in [4.69, 9.17) is 16.3 Å². The zero-order valence-corrected chi connectivity index (χ0v) is 14.1. The van der Waals surface area contributed by atoms with E-state index >= 15 is 0 Å². The van der Waals surface area contributed by atoms with Crippen molar-refractivity contribution in [3.63, 3.8) is 0 Å². The minimum Gasteiger partial charge on any atom is -0.449 e. The number of nitro groups is 1. The molecule has 1 aromatic rings. The summed E-state index contributed by atoms with van der Waals surface area (Å²) < 4.78 is 5.15. The van der Waals surface area contributed by atoms with Crippen LogP contribution in [0.3, 0.4) is 0 Å². The maximum Gasteiger partial charge on any atom is 0.345 e. The number of rotatable bonds is 4. The van der Waals surface area contributed by atoms with Crippen molar-refractivity contribution in [2.75, 3.05) is 13.1 Å². The molecule has 24 heavy (non-hydrogen) atoms. The Morgan fingerprint density at radius 1 is 1.25 bits per heavy atom. The number of benzene rings is 1. The number of hydrogen-bond donors (Lipinski definition) is 0. The monoisotopic (exact) mass is 354 g/mol. The predicted octanol–water partition coefficient (Wildman–Crippen LogP) is 3.20. The predicted molar refractivity (Wildman–Crippen MR) is 88.0 cm³/mol. The summed E-state index contributed by atoms with van der Waals surface area (Å²) in [5, 5.41) is 11.2. The fourth-order valence-electron chi connectivity index (χ4n) is 2.65. The Labute approximate surface area is 144 Å². The largest absolute Gasteiger partial charge is 0.449 e. The van der Waals surface area contributed by atoms with E-state index in [1.165, 1.54) is 19.1 Å². The number of nitro benzene ring substituents is 1. The lowest BCUT2D eigenvalue weighted by Crippen LogP contribution is -2.40. The molecule has 0 saturated carbocycles. The Balaban J connectivity index is 2.08. The summed E-state index contributed by atoms with van der Waals surface area (Å²) in [5.41, 5.74) is -0.665. The van der Waals surface area contributed by atoms with Crippen LogP contribution in [0.5, 0.6) is 0 Å². The first-order valence-corrected chi connectivity index (χ1v) is 8.21. The third-order valence-electron chi connectivity index (χ3n) is 3.93. The van der Waals surface area contributed by atoms with Gasteiger partial charge in [-0.3, -0.25) is 14.9 Å². The van der Waals surface area contributed by atoms with Crippen LogP contribution < -0.4 is 0 Å². The first-order valence-electron chi connectivity index (χ1n) is 7.84. The molecule has 1 amide bonds. The zero-order valence-electron chi connectivity index (χ0n) is 13.4. The first kappa shape index (κ1) is 18.2. The molecular weight excluding hydrogens is 336 g/mol. The number of ether oxygens (including phenoxy) is 1. The summed E-state index contributed by atoms with van der Waals surface area (Å²) in [6.07, 6.45) is 3.01. The van der Waals surface area contributed by atoms with Gasteiger partial charge in [-0.1, -0.05) is 24.4 Å². The maximum absolute atomic E-state index is 12.4. The number of carbonyl (C=O) groups excluding carboxylic acids is 2. The maximum atomic E-state index is 12.4. The Kier molecular flexibility index (Phi) is 6.14. The Bertz CT molecular complexity index is 641. The average Bonchev–Trinajstić information content (AvgIpc) is 2.82. The minimum atomic E-state index is -0.995. The molecule has 1 saturated heterocycles. The second kappa shape index (κ2) is 8.10. The van der Waals surface area contributed by atoms with Gasteiger partial charge in [0.05, 0.1) is 4.92 Å². The van der Waals surface area contributed by atoms with Crippen LogP contribution in [0, 0.1) is 10.1 Å². The van der Waals surface area contributed by atoms with Crippen LogP contribution in [-0.4, -0.2) is 40.9 Å². The number of likely N-dealkylation sites (tertiary alicyclic amines) is 1. The highest BCUT2D eigenvalue weighted by molar-refractivity contribution is 6.31. The summed E-state index contributed by atoms with van der Waals surface area (Å²) in [7, 11) is 0. The van der Waals surface area contributed by atoms with Gasteiger partial charge in [-0.15, -0.1) is 0 Å². The van der Waals surface area contributed by atoms with E-state index in [2.05, 4.69) is 0 Å². The molecule has 0 radical (unpaired) electrons. The highest BCUT2D eigenvalue weighted by Gasteiger charge is 2.28. The van der Waals surface area contributed by atoms with E-state index in [9.17, 15) is 19.7 Å². The van der Waals surface area contributed by atoms with Crippen LogP contribution in [0.25, 0.3) is 0 Å². The van der Waals surface area contributed by atoms with Crippen molar-refractivity contribution in [2.24, 2.45) is 0 Å². The van der Waals surface area contributed by atoms with Crippen LogP contribution in [0.2, 0.25) is 5.02 Å². The first-order chi connectivity index (χ1) is 11.4. The van der Waals surface area contributed by atoms with Crippen molar-refractivity contribution in [1.29, 1.82) is 0 Å². The second-order valence-electron chi connectivity index (χ2n) is 5.71. The van der Waals surface area contributed by atoms with E-state index < -0.39 is 22.7 Å². The number of nitrogens with zero attached hydrogens (tertiary/aromatic N) is 2. The topological polar surface area (TPSA) is 89.7 Å². The third kappa shape index (κ3) is 4.44. The van der Waals surface area contributed by atoms with E-state index in [0.29, 0.717) is 13.1 Å². The molecule has 1 unspecified atom stereocenters. The summed E-state index contributed by atoms with van der Waals surface area (Å²) in [5.74, 6) is -1.18. The number of esters is 1. The number of carbonyl (C=O) groups is 2. The Morgan fingerprint density at radius 2 is 1.88 bits per heavy atom. The van der Waals surface area contributed by atoms with Crippen molar-refractivity contribution >= 4 is 29.2 Å². The summed E-state index contributed by atoms with van der Waals surface area (Å²) in [4.78, 5) is 36.6. The van der Waals surface area contributed by atoms with Gasteiger partial charge >= 0.3 is 5.97 Å². The Hall–Kier alpha value is -2.15. The Morgan fingerprint density at radius 3 is 2.46 bits per heavy atom. The molecule has 0 N–H and O–H groups in total. The standard InChI is InChI=1S/C16H19ClN2O5/c1-11(15(20)18-8-4-2-3-5-9-18)24-16(21)13-7-6-12(17)10-14(13)19(22)23/h6-7,10-11H,2-5,8-9H2,1H3. The van der Waals surface area contributed by atoms with E-state index in [1.807, 2.05) is 0 Å². The molecule has 1 aliphatic heterocycles. The molecule has 0 aromatic heterocycles. The summed E-state index contributed by atoms with van der Waals surface area (Å²) in [6.45, 7) is 2.76. The molecule has 7 nitrogen and oxygen atoms in total. The quantitative estimate of drug-likeness (QED) is 0.470. The normalized spacial score (nSPS) is 16.2. The fourth-order valence-corrected chi connectivity index (χ4v) is 2.82. The van der Waals surface area contributed by atoms with E-state index in [-0.39, 0.29) is 16.5 Å². The van der Waals surface area contributed by atoms with Crippen molar-refractivity contribution in [2.45, 2.75) is 38.7 Å². The SMILES string of the molecule is CC(OC(=O)c1ccc(Cl)cc1[N+](=O)[O-])C(=O)N1CCCCCC1. The molecule has 1 aromatic carbocycles. The molecule has 0 bridgehead atoms. The van der Waals surface area contributed by atoms with Gasteiger partial charge in [0.25, 0.3) is 11.6 Å². The average molecular weight is 355 g/mol. The van der Waals surface area contributed by atoms with Crippen molar-refractivity contribution < 1.29 is 19.2 Å². The van der Waals surface area contributed by atoms with Crippen molar-refractivity contribution in [1.82, 2.24) is 4.90 Å². The number of amides is 1. The molecule has 1 fully saturated rings. The zero-order chi connectivity index (χ0) is 17.7. The molecule has 8 heteroatoms. The van der Waals surface area contributed by atoms with Crippen LogP contribution in [-0.2, 0) is 9.53 Å². The second-order valence-corrected chi connectivity index (χ2v) is 6.14. The van der Waals surface area contributed by atoms with Gasteiger partial charge in [0, 0.05) is 24.2 Å². The summed E-state index contributed by atoms with van der Waals surface area (Å²) >= 11 is 5.72. The third-order valence-corrected chi connectivity index (χ3v) is 4.16. The van der Waals surface area contributed by atoms with Gasteiger partial charge in [0.1, 0.15) is 5.56 Å². The highest BCUT2D eigenvalue weighted by atomic mass is 35.5. The lowest BCUT2D eigenvalue weighted by molar-refractivity contribution is -0.385. The van der Waals surface area contributed by atoms with E-state index in [0.717, 1.165) is 31.7 Å². The number of hydrogen-bond acceptors (Lipinski definition) is 5. The summed E-state index contributed by atoms with van der Waals surface area (Å²) in [6, 6.07) is 3.68. The van der Waals surface area contributed by atoms with E-state index in [1.54, 1.807) is 4.90 Å². The smallest absolute Gasteiger partial charge is 0.345 e. The highest BCUT2D eigenvalue weighted by Crippen LogP contribution is 2.24. The van der Waals surface area contributed by atoms with Crippen LogP contribution in [0.4, 0.5) is 5.69 Å². The molecular formula is C16H19ClN2O5. The lowest BCUT2D eigenvalue weighted by atomic mass is 10.2. The molecule has 1 heterocycles. The van der Waals surface area contributed by atoms with Gasteiger partial charge in [0.2, 0.25) is 0 Å². The molecule has 2 rings (SSSR count). The molecule has 1 atom stereocenters. The van der Waals surface area contributed by atoms with Crippen LogP contribution in [0.1, 0.15) is 43.0 Å².